The molecule has 1 fully saturated rings. The standard InChI is InChI=1S/C26H28N2O4S/c1-2-31-26(30)21-20-14-13-18-15-28(19-11-7-4-8-12-19)16-32-22(18)23(20)33-25(21)27-24(29)17-9-5-3-6-10-17/h3,5-6,9-10,13-14,19H,2,4,7-8,11-12,15-16H2,1H3,(H,27,29). The van der Waals surface area contributed by atoms with E-state index < -0.39 is 5.97 Å². The molecule has 3 aromatic rings. The molecule has 1 saturated carbocycles. The number of anilines is 1. The van der Waals surface area contributed by atoms with Crippen LogP contribution in [0.1, 0.15) is 65.3 Å². The number of nitrogens with one attached hydrogen (secondary N) is 1. The normalized spacial score (nSPS) is 16.8. The van der Waals surface area contributed by atoms with Crippen LogP contribution in [0.5, 0.6) is 5.75 Å². The van der Waals surface area contributed by atoms with Crippen LogP contribution in [0.2, 0.25) is 0 Å². The molecule has 5 rings (SSSR count). The van der Waals surface area contributed by atoms with Gasteiger partial charge in [0, 0.05) is 29.1 Å². The van der Waals surface area contributed by atoms with E-state index in [4.69, 9.17) is 9.47 Å². The molecule has 1 N–H and O–H groups in total. The van der Waals surface area contributed by atoms with Gasteiger partial charge >= 0.3 is 5.97 Å². The van der Waals surface area contributed by atoms with Gasteiger partial charge < -0.3 is 14.8 Å². The Hall–Kier alpha value is -2.90. The molecule has 7 heteroatoms. The van der Waals surface area contributed by atoms with Gasteiger partial charge in [-0.25, -0.2) is 4.79 Å². The molecular weight excluding hydrogens is 436 g/mol. The van der Waals surface area contributed by atoms with E-state index in [1.807, 2.05) is 30.3 Å². The lowest BCUT2D eigenvalue weighted by Gasteiger charge is -2.37. The second kappa shape index (κ2) is 9.53. The summed E-state index contributed by atoms with van der Waals surface area (Å²) in [6, 6.07) is 13.6. The van der Waals surface area contributed by atoms with Crippen LogP contribution < -0.4 is 10.1 Å². The Morgan fingerprint density at radius 3 is 2.67 bits per heavy atom. The molecule has 172 valence electrons. The maximum Gasteiger partial charge on any atom is 0.341 e. The second-order valence-corrected chi connectivity index (χ2v) is 9.61. The van der Waals surface area contributed by atoms with Gasteiger partial charge in [0.25, 0.3) is 5.91 Å². The number of nitrogens with zero attached hydrogens (tertiary/aromatic N) is 1. The van der Waals surface area contributed by atoms with Gasteiger partial charge in [-0.1, -0.05) is 49.6 Å². The molecule has 1 amide bonds. The molecule has 2 aliphatic rings. The van der Waals surface area contributed by atoms with Crippen molar-refractivity contribution in [1.82, 2.24) is 4.90 Å². The summed E-state index contributed by atoms with van der Waals surface area (Å²) < 4.78 is 12.5. The van der Waals surface area contributed by atoms with Gasteiger partial charge in [0.2, 0.25) is 0 Å². The van der Waals surface area contributed by atoms with Crippen LogP contribution in [0.3, 0.4) is 0 Å². The minimum absolute atomic E-state index is 0.258. The van der Waals surface area contributed by atoms with Crippen LogP contribution in [-0.4, -0.2) is 36.2 Å². The zero-order valence-electron chi connectivity index (χ0n) is 18.8. The Bertz CT molecular complexity index is 1170. The monoisotopic (exact) mass is 464 g/mol. The molecule has 0 spiro atoms. The summed E-state index contributed by atoms with van der Waals surface area (Å²) in [7, 11) is 0. The summed E-state index contributed by atoms with van der Waals surface area (Å²) >= 11 is 1.38. The van der Waals surface area contributed by atoms with E-state index in [1.165, 1.54) is 43.4 Å². The molecule has 0 atom stereocenters. The van der Waals surface area contributed by atoms with E-state index in [1.54, 1.807) is 19.1 Å². The van der Waals surface area contributed by atoms with Crippen molar-refractivity contribution in [2.45, 2.75) is 51.6 Å². The summed E-state index contributed by atoms with van der Waals surface area (Å²) in [4.78, 5) is 28.1. The fourth-order valence-electron chi connectivity index (χ4n) is 4.81. The lowest BCUT2D eigenvalue weighted by atomic mass is 9.94. The first-order chi connectivity index (χ1) is 16.2. The average Bonchev–Trinajstić information content (AvgIpc) is 3.23. The Balaban J connectivity index is 1.50. The molecule has 2 heterocycles. The first-order valence-electron chi connectivity index (χ1n) is 11.6. The summed E-state index contributed by atoms with van der Waals surface area (Å²) in [5, 5.41) is 4.18. The van der Waals surface area contributed by atoms with E-state index in [0.717, 1.165) is 27.9 Å². The first kappa shape index (κ1) is 21.9. The fourth-order valence-corrected chi connectivity index (χ4v) is 6.02. The van der Waals surface area contributed by atoms with Crippen LogP contribution >= 0.6 is 11.3 Å². The van der Waals surface area contributed by atoms with Crippen molar-refractivity contribution in [1.29, 1.82) is 0 Å². The van der Waals surface area contributed by atoms with E-state index in [9.17, 15) is 9.59 Å². The lowest BCUT2D eigenvalue weighted by Crippen LogP contribution is -2.41. The molecule has 1 aliphatic heterocycles. The summed E-state index contributed by atoms with van der Waals surface area (Å²) in [6.45, 7) is 3.43. The number of amides is 1. The summed E-state index contributed by atoms with van der Waals surface area (Å²) in [5.74, 6) is 0.119. The highest BCUT2D eigenvalue weighted by Gasteiger charge is 2.30. The molecule has 0 unspecified atom stereocenters. The Labute approximate surface area is 197 Å². The molecule has 6 nitrogen and oxygen atoms in total. The summed E-state index contributed by atoms with van der Waals surface area (Å²) in [6.07, 6.45) is 6.34. The van der Waals surface area contributed by atoms with E-state index in [0.29, 0.717) is 28.9 Å². The van der Waals surface area contributed by atoms with Gasteiger partial charge in [-0.05, 0) is 31.9 Å². The molecule has 1 aliphatic carbocycles. The molecule has 0 radical (unpaired) electrons. The third-order valence-corrected chi connectivity index (χ3v) is 7.60. The summed E-state index contributed by atoms with van der Waals surface area (Å²) in [5.41, 5.74) is 2.05. The third kappa shape index (κ3) is 4.35. The highest BCUT2D eigenvalue weighted by molar-refractivity contribution is 7.24. The van der Waals surface area contributed by atoms with Crippen molar-refractivity contribution in [2.75, 3.05) is 18.7 Å². The number of carbonyl (C=O) groups is 2. The van der Waals surface area contributed by atoms with Crippen molar-refractivity contribution in [3.63, 3.8) is 0 Å². The number of esters is 1. The third-order valence-electron chi connectivity index (χ3n) is 6.48. The average molecular weight is 465 g/mol. The zero-order chi connectivity index (χ0) is 22.8. The number of rotatable bonds is 5. The molecular formula is C26H28N2O4S. The largest absolute Gasteiger partial charge is 0.476 e. The minimum Gasteiger partial charge on any atom is -0.476 e. The van der Waals surface area contributed by atoms with E-state index in [2.05, 4.69) is 10.2 Å². The number of thiophene rings is 1. The van der Waals surface area contributed by atoms with Crippen LogP contribution in [0, 0.1) is 0 Å². The van der Waals surface area contributed by atoms with Crippen molar-refractivity contribution in [2.24, 2.45) is 0 Å². The molecule has 1 aromatic heterocycles. The van der Waals surface area contributed by atoms with Gasteiger partial charge in [-0.15, -0.1) is 11.3 Å². The number of benzene rings is 2. The van der Waals surface area contributed by atoms with Crippen LogP contribution in [0.15, 0.2) is 42.5 Å². The predicted octanol–water partition coefficient (Wildman–Crippen LogP) is 5.81. The number of hydrogen-bond acceptors (Lipinski definition) is 6. The van der Waals surface area contributed by atoms with Crippen LogP contribution in [-0.2, 0) is 11.3 Å². The minimum atomic E-state index is -0.438. The lowest BCUT2D eigenvalue weighted by molar-refractivity contribution is 0.0416. The van der Waals surface area contributed by atoms with Crippen LogP contribution in [0.25, 0.3) is 10.1 Å². The van der Waals surface area contributed by atoms with Gasteiger partial charge in [0.15, 0.2) is 0 Å². The van der Waals surface area contributed by atoms with Crippen molar-refractivity contribution in [3.8, 4) is 5.75 Å². The predicted molar refractivity (Wildman–Crippen MR) is 130 cm³/mol. The van der Waals surface area contributed by atoms with Gasteiger partial charge in [0.05, 0.1) is 11.3 Å². The second-order valence-electron chi connectivity index (χ2n) is 8.59. The number of hydrogen-bond donors (Lipinski definition) is 1. The number of carbonyl (C=O) groups excluding carboxylic acids is 2. The van der Waals surface area contributed by atoms with Gasteiger partial charge in [-0.3, -0.25) is 9.69 Å². The quantitative estimate of drug-likeness (QED) is 0.482. The SMILES string of the molecule is CCOC(=O)c1c(NC(=O)c2ccccc2)sc2c3c(ccc12)CN(C1CCCCC1)CO3. The Kier molecular flexibility index (Phi) is 6.33. The highest BCUT2D eigenvalue weighted by Crippen LogP contribution is 2.45. The fraction of sp³-hybridized carbons (Fsp3) is 0.385. The topological polar surface area (TPSA) is 67.9 Å². The molecule has 0 bridgehead atoms. The van der Waals surface area contributed by atoms with Crippen molar-refractivity contribution >= 4 is 38.3 Å². The number of ether oxygens (including phenoxy) is 2. The van der Waals surface area contributed by atoms with E-state index >= 15 is 0 Å². The van der Waals surface area contributed by atoms with E-state index in [-0.39, 0.29) is 12.5 Å². The zero-order valence-corrected chi connectivity index (χ0v) is 19.6. The van der Waals surface area contributed by atoms with Crippen LogP contribution in [0.4, 0.5) is 5.00 Å². The van der Waals surface area contributed by atoms with Gasteiger partial charge in [0.1, 0.15) is 23.0 Å². The molecule has 2 aromatic carbocycles. The first-order valence-corrected chi connectivity index (χ1v) is 12.5. The maximum absolute atomic E-state index is 12.9. The molecule has 33 heavy (non-hydrogen) atoms. The highest BCUT2D eigenvalue weighted by atomic mass is 32.1. The van der Waals surface area contributed by atoms with Crippen molar-refractivity contribution < 1.29 is 19.1 Å². The molecule has 0 saturated heterocycles. The van der Waals surface area contributed by atoms with Crippen molar-refractivity contribution in [3.05, 3.63) is 59.2 Å². The maximum atomic E-state index is 12.9. The smallest absolute Gasteiger partial charge is 0.341 e. The Morgan fingerprint density at radius 2 is 1.91 bits per heavy atom. The number of fused-ring (bicyclic) bond motifs is 3. The van der Waals surface area contributed by atoms with Gasteiger partial charge in [-0.2, -0.15) is 0 Å². The Morgan fingerprint density at radius 1 is 1.12 bits per heavy atom.